The van der Waals surface area contributed by atoms with Gasteiger partial charge in [-0.1, -0.05) is 0 Å². The number of fused-ring (bicyclic) bond motifs is 1. The summed E-state index contributed by atoms with van der Waals surface area (Å²) in [7, 11) is 1.84. The van der Waals surface area contributed by atoms with Crippen LogP contribution in [0.4, 0.5) is 0 Å². The number of aliphatic hydroxyl groups excluding tert-OH is 1. The van der Waals surface area contributed by atoms with Gasteiger partial charge in [0.05, 0.1) is 23.9 Å². The molecule has 24 heavy (non-hydrogen) atoms. The molecule has 1 amide bonds. The zero-order valence-corrected chi connectivity index (χ0v) is 13.1. The van der Waals surface area contributed by atoms with Crippen LogP contribution < -0.4 is 5.32 Å². The largest absolute Gasteiger partial charge is 0.393 e. The van der Waals surface area contributed by atoms with E-state index in [1.807, 2.05) is 13.2 Å². The smallest absolute Gasteiger partial charge is 0.253 e. The molecule has 1 aliphatic carbocycles. The highest BCUT2D eigenvalue weighted by Gasteiger charge is 2.36. The van der Waals surface area contributed by atoms with Crippen LogP contribution in [0.25, 0.3) is 5.65 Å². The summed E-state index contributed by atoms with van der Waals surface area (Å²) in [4.78, 5) is 12.6. The van der Waals surface area contributed by atoms with Gasteiger partial charge in [0, 0.05) is 25.0 Å². The molecule has 9 nitrogen and oxygen atoms in total. The molecule has 1 saturated carbocycles. The number of aromatic nitrogens is 6. The van der Waals surface area contributed by atoms with Gasteiger partial charge in [0.25, 0.3) is 5.91 Å². The first-order chi connectivity index (χ1) is 11.6. The lowest BCUT2D eigenvalue weighted by molar-refractivity contribution is 0.0235. The monoisotopic (exact) mass is 327 g/mol. The second-order valence-corrected chi connectivity index (χ2v) is 6.18. The molecular weight excluding hydrogens is 310 g/mol. The second kappa shape index (κ2) is 5.68. The Labute approximate surface area is 137 Å². The van der Waals surface area contributed by atoms with Crippen molar-refractivity contribution in [1.29, 1.82) is 0 Å². The summed E-state index contributed by atoms with van der Waals surface area (Å²) < 4.78 is 3.16. The van der Waals surface area contributed by atoms with Crippen LogP contribution >= 0.6 is 0 Å². The molecule has 0 radical (unpaired) electrons. The Bertz CT molecular complexity index is 881. The summed E-state index contributed by atoms with van der Waals surface area (Å²) in [5.74, 6) is -0.00689. The summed E-state index contributed by atoms with van der Waals surface area (Å²) in [6, 6.07) is 3.21. The number of nitrogens with zero attached hydrogens (tertiary/aromatic N) is 6. The number of carbonyl (C=O) groups excluding carboxylic acids is 1. The first-order valence-electron chi connectivity index (χ1n) is 7.75. The Morgan fingerprint density at radius 1 is 1.38 bits per heavy atom. The lowest BCUT2D eigenvalue weighted by Gasteiger charge is -2.37. The van der Waals surface area contributed by atoms with E-state index in [0.29, 0.717) is 24.1 Å². The molecule has 1 aliphatic rings. The van der Waals surface area contributed by atoms with Gasteiger partial charge in [-0.25, -0.2) is 0 Å². The minimum absolute atomic E-state index is 0.181. The zero-order valence-electron chi connectivity index (χ0n) is 13.1. The highest BCUT2D eigenvalue weighted by atomic mass is 16.3. The number of tetrazole rings is 1. The SMILES string of the molecule is Cn1cc([C@@H](NC(=O)c2ccc3nnnn3c2)C2CC(O)C2)cn1. The van der Waals surface area contributed by atoms with Crippen LogP contribution in [0.5, 0.6) is 0 Å². The maximum Gasteiger partial charge on any atom is 0.253 e. The number of aliphatic hydroxyl groups is 1. The maximum atomic E-state index is 12.6. The number of hydrogen-bond donors (Lipinski definition) is 2. The van der Waals surface area contributed by atoms with E-state index in [0.717, 1.165) is 5.56 Å². The molecule has 3 heterocycles. The molecule has 0 spiro atoms. The fourth-order valence-corrected chi connectivity index (χ4v) is 3.08. The van der Waals surface area contributed by atoms with E-state index in [1.165, 1.54) is 4.52 Å². The Morgan fingerprint density at radius 2 is 2.21 bits per heavy atom. The third-order valence-corrected chi connectivity index (χ3v) is 4.45. The number of carbonyl (C=O) groups is 1. The predicted molar refractivity (Wildman–Crippen MR) is 82.9 cm³/mol. The van der Waals surface area contributed by atoms with Gasteiger partial charge >= 0.3 is 0 Å². The second-order valence-electron chi connectivity index (χ2n) is 6.18. The lowest BCUT2D eigenvalue weighted by atomic mass is 9.75. The molecule has 3 aromatic rings. The summed E-state index contributed by atoms with van der Waals surface area (Å²) >= 11 is 0. The number of pyridine rings is 1. The van der Waals surface area contributed by atoms with Crippen molar-refractivity contribution in [3.05, 3.63) is 41.9 Å². The first kappa shape index (κ1) is 14.8. The van der Waals surface area contributed by atoms with Crippen molar-refractivity contribution in [2.45, 2.75) is 25.0 Å². The van der Waals surface area contributed by atoms with Gasteiger partial charge in [-0.05, 0) is 41.3 Å². The van der Waals surface area contributed by atoms with Crippen LogP contribution in [0, 0.1) is 5.92 Å². The number of rotatable bonds is 4. The third kappa shape index (κ3) is 2.62. The minimum atomic E-state index is -0.288. The topological polar surface area (TPSA) is 110 Å². The van der Waals surface area contributed by atoms with Crippen molar-refractivity contribution in [2.75, 3.05) is 0 Å². The molecule has 0 saturated heterocycles. The van der Waals surface area contributed by atoms with Crippen LogP contribution in [0.15, 0.2) is 30.7 Å². The molecule has 1 fully saturated rings. The van der Waals surface area contributed by atoms with Crippen LogP contribution in [-0.2, 0) is 7.05 Å². The van der Waals surface area contributed by atoms with E-state index in [4.69, 9.17) is 0 Å². The fraction of sp³-hybridized carbons (Fsp3) is 0.400. The van der Waals surface area contributed by atoms with Crippen LogP contribution in [0.2, 0.25) is 0 Å². The average molecular weight is 327 g/mol. The van der Waals surface area contributed by atoms with Crippen molar-refractivity contribution in [1.82, 2.24) is 35.1 Å². The molecule has 0 aromatic carbocycles. The number of nitrogens with one attached hydrogen (secondary N) is 1. The Hall–Kier alpha value is -2.81. The molecule has 2 N–H and O–H groups in total. The molecule has 1 atom stereocenters. The number of aryl methyl sites for hydroxylation is 1. The van der Waals surface area contributed by atoms with Gasteiger partial charge in [-0.15, -0.1) is 5.10 Å². The lowest BCUT2D eigenvalue weighted by Crippen LogP contribution is -2.41. The highest BCUT2D eigenvalue weighted by molar-refractivity contribution is 5.94. The number of amides is 1. The van der Waals surface area contributed by atoms with E-state index in [9.17, 15) is 9.90 Å². The number of hydrogen-bond acceptors (Lipinski definition) is 6. The molecule has 0 aliphatic heterocycles. The molecule has 4 rings (SSSR count). The predicted octanol–water partition coefficient (Wildman–Crippen LogP) is 0.0998. The Kier molecular flexibility index (Phi) is 3.49. The quantitative estimate of drug-likeness (QED) is 0.703. The summed E-state index contributed by atoms with van der Waals surface area (Å²) in [5, 5.41) is 28.0. The highest BCUT2D eigenvalue weighted by Crippen LogP contribution is 2.38. The van der Waals surface area contributed by atoms with Crippen molar-refractivity contribution < 1.29 is 9.90 Å². The van der Waals surface area contributed by atoms with Gasteiger partial charge in [0.15, 0.2) is 5.65 Å². The van der Waals surface area contributed by atoms with Gasteiger partial charge in [0.2, 0.25) is 0 Å². The molecular formula is C15H17N7O2. The van der Waals surface area contributed by atoms with Crippen molar-refractivity contribution >= 4 is 11.6 Å². The van der Waals surface area contributed by atoms with Gasteiger partial charge in [-0.3, -0.25) is 9.48 Å². The van der Waals surface area contributed by atoms with E-state index in [-0.39, 0.29) is 24.0 Å². The summed E-state index contributed by atoms with van der Waals surface area (Å²) in [6.45, 7) is 0. The minimum Gasteiger partial charge on any atom is -0.393 e. The summed E-state index contributed by atoms with van der Waals surface area (Å²) in [5.41, 5.74) is 1.99. The van der Waals surface area contributed by atoms with Crippen molar-refractivity contribution in [3.8, 4) is 0 Å². The van der Waals surface area contributed by atoms with E-state index >= 15 is 0 Å². The van der Waals surface area contributed by atoms with Gasteiger partial charge < -0.3 is 10.4 Å². The normalized spacial score (nSPS) is 21.4. The van der Waals surface area contributed by atoms with Crippen molar-refractivity contribution in [2.24, 2.45) is 13.0 Å². The van der Waals surface area contributed by atoms with Crippen LogP contribution in [0.3, 0.4) is 0 Å². The molecule has 9 heteroatoms. The molecule has 0 bridgehead atoms. The van der Waals surface area contributed by atoms with E-state index in [2.05, 4.69) is 25.9 Å². The van der Waals surface area contributed by atoms with Gasteiger partial charge in [0.1, 0.15) is 0 Å². The van der Waals surface area contributed by atoms with E-state index in [1.54, 1.807) is 29.2 Å². The van der Waals surface area contributed by atoms with Gasteiger partial charge in [-0.2, -0.15) is 9.61 Å². The molecule has 3 aromatic heterocycles. The fourth-order valence-electron chi connectivity index (χ4n) is 3.08. The Balaban J connectivity index is 1.58. The molecule has 0 unspecified atom stereocenters. The first-order valence-corrected chi connectivity index (χ1v) is 7.75. The Morgan fingerprint density at radius 3 is 2.92 bits per heavy atom. The standard InChI is InChI=1S/C15H17N7O2/c1-21-7-11(6-16-21)14(10-4-12(23)5-10)17-15(24)9-2-3-13-18-19-20-22(13)8-9/h2-3,6-8,10,12,14,23H,4-5H2,1H3,(H,17,24)/t10?,12?,14-/m0/s1. The average Bonchev–Trinajstić information content (AvgIpc) is 3.17. The molecule has 124 valence electrons. The van der Waals surface area contributed by atoms with Crippen LogP contribution in [-0.4, -0.2) is 46.9 Å². The van der Waals surface area contributed by atoms with Crippen molar-refractivity contribution in [3.63, 3.8) is 0 Å². The van der Waals surface area contributed by atoms with Crippen LogP contribution in [0.1, 0.15) is 34.8 Å². The summed E-state index contributed by atoms with van der Waals surface area (Å²) in [6.07, 6.45) is 6.29. The van der Waals surface area contributed by atoms with E-state index < -0.39 is 0 Å². The third-order valence-electron chi connectivity index (χ3n) is 4.45. The zero-order chi connectivity index (χ0) is 16.7. The maximum absolute atomic E-state index is 12.6.